The normalized spacial score (nSPS) is 17.0. The molecule has 0 spiro atoms. The molecule has 1 aromatic carbocycles. The second-order valence-corrected chi connectivity index (χ2v) is 7.67. The maximum absolute atomic E-state index is 13.1. The Morgan fingerprint density at radius 3 is 2.57 bits per heavy atom. The van der Waals surface area contributed by atoms with E-state index in [1.165, 1.54) is 6.33 Å². The Labute approximate surface area is 165 Å². The molecule has 5 nitrogen and oxygen atoms in total. The molecule has 3 aromatic rings. The van der Waals surface area contributed by atoms with E-state index in [1.54, 1.807) is 6.07 Å². The van der Waals surface area contributed by atoms with Crippen LogP contribution in [0.2, 0.25) is 5.15 Å². The third kappa shape index (κ3) is 3.94. The van der Waals surface area contributed by atoms with Crippen LogP contribution in [0.3, 0.4) is 0 Å². The van der Waals surface area contributed by atoms with E-state index in [0.717, 1.165) is 49.3 Å². The van der Waals surface area contributed by atoms with Crippen LogP contribution in [0.1, 0.15) is 5.56 Å². The standard InChI is InChI=1S/C19H21ClF3N5/c1-26-6-8-27(9-7-26)5-4-13-2-3-15-14(10-13)16-17(18(20)25-12-24-16)28(15)11-19(21,22)23/h2-3,10,12H,4-9,11H2,1H3. The minimum Gasteiger partial charge on any atom is -0.327 e. The molecule has 0 unspecified atom stereocenters. The van der Waals surface area contributed by atoms with E-state index in [4.69, 9.17) is 11.6 Å². The number of alkyl halides is 3. The van der Waals surface area contributed by atoms with E-state index < -0.39 is 12.7 Å². The van der Waals surface area contributed by atoms with Crippen LogP contribution in [-0.4, -0.2) is 70.3 Å². The third-order valence-corrected chi connectivity index (χ3v) is 5.58. The van der Waals surface area contributed by atoms with Crippen molar-refractivity contribution in [2.75, 3.05) is 39.8 Å². The molecule has 0 radical (unpaired) electrons. The first-order valence-electron chi connectivity index (χ1n) is 9.21. The summed E-state index contributed by atoms with van der Waals surface area (Å²) in [5.41, 5.74) is 2.23. The number of rotatable bonds is 4. The summed E-state index contributed by atoms with van der Waals surface area (Å²) in [6, 6.07) is 5.56. The number of halogens is 4. The quantitative estimate of drug-likeness (QED) is 0.615. The zero-order chi connectivity index (χ0) is 19.9. The SMILES string of the molecule is CN1CCN(CCc2ccc3c(c2)c2ncnc(Cl)c2n3CC(F)(F)F)CC1. The highest BCUT2D eigenvalue weighted by atomic mass is 35.5. The molecule has 1 saturated heterocycles. The Kier molecular flexibility index (Phi) is 5.20. The van der Waals surface area contributed by atoms with Gasteiger partial charge in [-0.3, -0.25) is 0 Å². The van der Waals surface area contributed by atoms with E-state index in [-0.39, 0.29) is 10.7 Å². The smallest absolute Gasteiger partial charge is 0.327 e. The molecule has 150 valence electrons. The molecular weight excluding hydrogens is 391 g/mol. The molecule has 0 bridgehead atoms. The Bertz CT molecular complexity index is 993. The van der Waals surface area contributed by atoms with Gasteiger partial charge in [0, 0.05) is 38.1 Å². The van der Waals surface area contributed by atoms with Gasteiger partial charge in [0.15, 0.2) is 5.15 Å². The lowest BCUT2D eigenvalue weighted by Gasteiger charge is -2.32. The van der Waals surface area contributed by atoms with Gasteiger partial charge < -0.3 is 14.4 Å². The highest BCUT2D eigenvalue weighted by Gasteiger charge is 2.30. The zero-order valence-corrected chi connectivity index (χ0v) is 16.3. The molecule has 1 aliphatic rings. The first-order valence-corrected chi connectivity index (χ1v) is 9.58. The molecule has 1 fully saturated rings. The third-order valence-electron chi connectivity index (χ3n) is 5.30. The average Bonchev–Trinajstić information content (AvgIpc) is 2.94. The number of hydrogen-bond acceptors (Lipinski definition) is 4. The zero-order valence-electron chi connectivity index (χ0n) is 15.5. The summed E-state index contributed by atoms with van der Waals surface area (Å²) in [4.78, 5) is 12.8. The van der Waals surface area contributed by atoms with Crippen LogP contribution in [0.4, 0.5) is 13.2 Å². The highest BCUT2D eigenvalue weighted by molar-refractivity contribution is 6.34. The lowest BCUT2D eigenvalue weighted by molar-refractivity contribution is -0.139. The van der Waals surface area contributed by atoms with Crippen molar-refractivity contribution in [2.45, 2.75) is 19.1 Å². The van der Waals surface area contributed by atoms with Crippen molar-refractivity contribution in [2.24, 2.45) is 0 Å². The van der Waals surface area contributed by atoms with Crippen LogP contribution in [0.15, 0.2) is 24.5 Å². The Morgan fingerprint density at radius 2 is 1.86 bits per heavy atom. The first kappa shape index (κ1) is 19.4. The van der Waals surface area contributed by atoms with E-state index in [1.807, 2.05) is 12.1 Å². The summed E-state index contributed by atoms with van der Waals surface area (Å²) >= 11 is 6.13. The van der Waals surface area contributed by atoms with Crippen LogP contribution in [0.5, 0.6) is 0 Å². The number of nitrogens with zero attached hydrogens (tertiary/aromatic N) is 5. The van der Waals surface area contributed by atoms with Gasteiger partial charge in [-0.05, 0) is 31.2 Å². The molecule has 0 N–H and O–H groups in total. The first-order chi connectivity index (χ1) is 13.3. The largest absolute Gasteiger partial charge is 0.406 e. The van der Waals surface area contributed by atoms with Gasteiger partial charge in [0.05, 0.1) is 5.52 Å². The monoisotopic (exact) mass is 411 g/mol. The van der Waals surface area contributed by atoms with Crippen molar-refractivity contribution in [3.05, 3.63) is 35.2 Å². The van der Waals surface area contributed by atoms with Gasteiger partial charge in [0.1, 0.15) is 23.9 Å². The summed E-state index contributed by atoms with van der Waals surface area (Å²) < 4.78 is 40.5. The number of benzene rings is 1. The van der Waals surface area contributed by atoms with Gasteiger partial charge in [0.2, 0.25) is 0 Å². The Hall–Kier alpha value is -1.90. The molecule has 2 aromatic heterocycles. The molecular formula is C19H21ClF3N5. The van der Waals surface area contributed by atoms with Crippen LogP contribution in [-0.2, 0) is 13.0 Å². The summed E-state index contributed by atoms with van der Waals surface area (Å²) in [6.45, 7) is 3.98. The summed E-state index contributed by atoms with van der Waals surface area (Å²) in [5.74, 6) is 0. The van der Waals surface area contributed by atoms with Crippen LogP contribution in [0.25, 0.3) is 21.9 Å². The minimum absolute atomic E-state index is 0.0319. The van der Waals surface area contributed by atoms with Crippen LogP contribution < -0.4 is 0 Å². The summed E-state index contributed by atoms with van der Waals surface area (Å²) in [7, 11) is 2.12. The number of aromatic nitrogens is 3. The molecule has 28 heavy (non-hydrogen) atoms. The second kappa shape index (κ2) is 7.50. The van der Waals surface area contributed by atoms with E-state index in [0.29, 0.717) is 16.4 Å². The molecule has 0 saturated carbocycles. The van der Waals surface area contributed by atoms with Crippen molar-refractivity contribution in [1.82, 2.24) is 24.3 Å². The minimum atomic E-state index is -4.36. The average molecular weight is 412 g/mol. The fraction of sp³-hybridized carbons (Fsp3) is 0.474. The predicted molar refractivity (Wildman–Crippen MR) is 104 cm³/mol. The molecule has 3 heterocycles. The molecule has 0 atom stereocenters. The fourth-order valence-electron chi connectivity index (χ4n) is 3.78. The molecule has 4 rings (SSSR count). The molecule has 9 heteroatoms. The lowest BCUT2D eigenvalue weighted by Crippen LogP contribution is -2.45. The number of fused-ring (bicyclic) bond motifs is 3. The van der Waals surface area contributed by atoms with Crippen LogP contribution in [0, 0.1) is 0 Å². The maximum Gasteiger partial charge on any atom is 0.406 e. The lowest BCUT2D eigenvalue weighted by atomic mass is 10.1. The van der Waals surface area contributed by atoms with Crippen molar-refractivity contribution < 1.29 is 13.2 Å². The van der Waals surface area contributed by atoms with Gasteiger partial charge in [-0.25, -0.2) is 9.97 Å². The van der Waals surface area contributed by atoms with Gasteiger partial charge in [-0.15, -0.1) is 0 Å². The number of hydrogen-bond donors (Lipinski definition) is 0. The van der Waals surface area contributed by atoms with Crippen molar-refractivity contribution in [3.8, 4) is 0 Å². The summed E-state index contributed by atoms with van der Waals surface area (Å²) in [5, 5.41) is 0.712. The van der Waals surface area contributed by atoms with E-state index >= 15 is 0 Å². The second-order valence-electron chi connectivity index (χ2n) is 7.31. The van der Waals surface area contributed by atoms with Gasteiger partial charge in [-0.1, -0.05) is 17.7 Å². The predicted octanol–water partition coefficient (Wildman–Crippen LogP) is 3.59. The Morgan fingerprint density at radius 1 is 1.11 bits per heavy atom. The number of piperazine rings is 1. The fourth-order valence-corrected chi connectivity index (χ4v) is 4.02. The Balaban J connectivity index is 1.67. The maximum atomic E-state index is 13.1. The highest BCUT2D eigenvalue weighted by Crippen LogP contribution is 2.34. The molecule has 1 aliphatic heterocycles. The number of likely N-dealkylation sites (N-methyl/N-ethyl adjacent to an activating group) is 1. The van der Waals surface area contributed by atoms with Crippen molar-refractivity contribution in [1.29, 1.82) is 0 Å². The van der Waals surface area contributed by atoms with E-state index in [2.05, 4.69) is 26.8 Å². The van der Waals surface area contributed by atoms with Crippen molar-refractivity contribution >= 4 is 33.5 Å². The summed E-state index contributed by atoms with van der Waals surface area (Å²) in [6.07, 6.45) is -2.23. The van der Waals surface area contributed by atoms with Gasteiger partial charge >= 0.3 is 6.18 Å². The van der Waals surface area contributed by atoms with Crippen molar-refractivity contribution in [3.63, 3.8) is 0 Å². The van der Waals surface area contributed by atoms with Gasteiger partial charge in [0.25, 0.3) is 0 Å². The van der Waals surface area contributed by atoms with E-state index in [9.17, 15) is 13.2 Å². The molecule has 0 aliphatic carbocycles. The topological polar surface area (TPSA) is 37.2 Å². The van der Waals surface area contributed by atoms with Crippen LogP contribution >= 0.6 is 11.6 Å². The van der Waals surface area contributed by atoms with Gasteiger partial charge in [-0.2, -0.15) is 13.2 Å². The molecule has 0 amide bonds.